The van der Waals surface area contributed by atoms with E-state index in [9.17, 15) is 5.11 Å². The second kappa shape index (κ2) is 9.07. The van der Waals surface area contributed by atoms with Gasteiger partial charge in [-0.05, 0) is 37.8 Å². The van der Waals surface area contributed by atoms with Crippen molar-refractivity contribution in [1.82, 2.24) is 29.7 Å². The molecule has 0 aromatic carbocycles. The second-order valence-corrected chi connectivity index (χ2v) is 8.94. The van der Waals surface area contributed by atoms with Crippen LogP contribution >= 0.6 is 0 Å². The van der Waals surface area contributed by atoms with Gasteiger partial charge in [0, 0.05) is 64.1 Å². The molecule has 3 aliphatic rings. The van der Waals surface area contributed by atoms with Crippen LogP contribution in [-0.2, 0) is 20.6 Å². The van der Waals surface area contributed by atoms with Gasteiger partial charge in [-0.15, -0.1) is 0 Å². The fourth-order valence-electron chi connectivity index (χ4n) is 6.36. The van der Waals surface area contributed by atoms with Crippen LogP contribution in [0.1, 0.15) is 37.3 Å². The van der Waals surface area contributed by atoms with Crippen LogP contribution in [-0.4, -0.2) is 87.6 Å². The largest absolute Gasteiger partial charge is 0.395 e. The minimum atomic E-state index is -0.881. The molecular weight excluding hydrogens is 408 g/mol. The number of aliphatic hydroxyl groups excluding tert-OH is 1. The normalized spacial score (nSPS) is 33.8. The first kappa shape index (κ1) is 21.8. The van der Waals surface area contributed by atoms with E-state index in [1.165, 1.54) is 0 Å². The molecule has 1 N–H and O–H groups in total. The fraction of sp³-hybridized carbons (Fsp3) is 0.652. The van der Waals surface area contributed by atoms with Crippen molar-refractivity contribution in [1.29, 1.82) is 0 Å². The average Bonchev–Trinajstić information content (AvgIpc) is 3.60. The number of hydrogen-bond donors (Lipinski definition) is 1. The van der Waals surface area contributed by atoms with Crippen molar-refractivity contribution in [3.8, 4) is 0 Å². The minimum Gasteiger partial charge on any atom is -0.395 e. The summed E-state index contributed by atoms with van der Waals surface area (Å²) in [4.78, 5) is 23.7. The van der Waals surface area contributed by atoms with Gasteiger partial charge in [-0.3, -0.25) is 9.80 Å². The zero-order valence-electron chi connectivity index (χ0n) is 18.6. The monoisotopic (exact) mass is 440 g/mol. The van der Waals surface area contributed by atoms with Crippen LogP contribution in [0, 0.1) is 5.92 Å². The Labute approximate surface area is 188 Å². The molecule has 0 spiro atoms. The third-order valence-corrected chi connectivity index (χ3v) is 7.48. The zero-order chi connectivity index (χ0) is 22.0. The quantitative estimate of drug-likeness (QED) is 0.680. The Kier molecular flexibility index (Phi) is 6.18. The summed E-state index contributed by atoms with van der Waals surface area (Å²) in [5.41, 5.74) is -1.74. The van der Waals surface area contributed by atoms with Gasteiger partial charge in [0.05, 0.1) is 18.1 Å². The van der Waals surface area contributed by atoms with Crippen molar-refractivity contribution in [2.75, 3.05) is 46.7 Å². The Morgan fingerprint density at radius 1 is 1.03 bits per heavy atom. The number of likely N-dealkylation sites (tertiary alicyclic amines) is 2. The van der Waals surface area contributed by atoms with E-state index in [1.54, 1.807) is 31.9 Å². The van der Waals surface area contributed by atoms with Gasteiger partial charge in [0.1, 0.15) is 12.6 Å². The summed E-state index contributed by atoms with van der Waals surface area (Å²) < 4.78 is 12.0. The van der Waals surface area contributed by atoms with E-state index >= 15 is 0 Å². The predicted octanol–water partition coefficient (Wildman–Crippen LogP) is 1.16. The first-order valence-corrected chi connectivity index (χ1v) is 11.6. The van der Waals surface area contributed by atoms with E-state index in [1.807, 2.05) is 12.1 Å². The molecule has 5 heterocycles. The van der Waals surface area contributed by atoms with Crippen LogP contribution in [0.2, 0.25) is 0 Å². The summed E-state index contributed by atoms with van der Waals surface area (Å²) in [7, 11) is 1.71. The molecule has 0 radical (unpaired) electrons. The minimum absolute atomic E-state index is 0.00139. The summed E-state index contributed by atoms with van der Waals surface area (Å²) >= 11 is 0. The van der Waals surface area contributed by atoms with E-state index in [-0.39, 0.29) is 18.6 Å². The molecule has 2 aromatic heterocycles. The fourth-order valence-corrected chi connectivity index (χ4v) is 6.36. The molecule has 0 amide bonds. The van der Waals surface area contributed by atoms with Crippen LogP contribution in [0.25, 0.3) is 0 Å². The highest BCUT2D eigenvalue weighted by Gasteiger charge is 2.72. The summed E-state index contributed by atoms with van der Waals surface area (Å²) in [5, 5.41) is 11.4. The Morgan fingerprint density at radius 3 is 2.25 bits per heavy atom. The lowest BCUT2D eigenvalue weighted by atomic mass is 9.65. The Hall–Kier alpha value is -2.04. The number of methoxy groups -OCH3 is 1. The second-order valence-electron chi connectivity index (χ2n) is 8.94. The standard InChI is InChI=1S/C23H32N6O3/c1-31-17-29-15-18(19-7-4-14-32-19)22(16-30,20-24-8-5-9-25-20)23(29,28-12-2-3-13-28)21-26-10-6-11-27-21/h5-6,8-11,18-19,30H,2-4,7,12-17H2,1H3. The van der Waals surface area contributed by atoms with E-state index in [2.05, 4.69) is 9.80 Å². The van der Waals surface area contributed by atoms with Gasteiger partial charge in [-0.25, -0.2) is 19.9 Å². The number of ether oxygens (including phenoxy) is 2. The van der Waals surface area contributed by atoms with Gasteiger partial charge >= 0.3 is 0 Å². The topological polar surface area (TPSA) is 96.7 Å². The number of rotatable bonds is 7. The molecule has 3 saturated heterocycles. The highest BCUT2D eigenvalue weighted by atomic mass is 16.5. The maximum Gasteiger partial charge on any atom is 0.164 e. The summed E-state index contributed by atoms with van der Waals surface area (Å²) in [6.45, 7) is 3.41. The van der Waals surface area contributed by atoms with Gasteiger partial charge in [0.15, 0.2) is 11.5 Å². The van der Waals surface area contributed by atoms with Crippen molar-refractivity contribution in [3.63, 3.8) is 0 Å². The smallest absolute Gasteiger partial charge is 0.164 e. The third-order valence-electron chi connectivity index (χ3n) is 7.48. The number of aromatic nitrogens is 4. The molecule has 4 unspecified atom stereocenters. The third kappa shape index (κ3) is 3.10. The van der Waals surface area contributed by atoms with Gasteiger partial charge in [0.25, 0.3) is 0 Å². The van der Waals surface area contributed by atoms with E-state index in [0.717, 1.165) is 45.4 Å². The van der Waals surface area contributed by atoms with Crippen molar-refractivity contribution >= 4 is 0 Å². The molecule has 3 aliphatic heterocycles. The lowest BCUT2D eigenvalue weighted by molar-refractivity contribution is -0.133. The number of aliphatic hydroxyl groups is 1. The van der Waals surface area contributed by atoms with Gasteiger partial charge in [0.2, 0.25) is 0 Å². The Balaban J connectivity index is 1.81. The molecule has 172 valence electrons. The summed E-state index contributed by atoms with van der Waals surface area (Å²) in [6.07, 6.45) is 11.2. The molecule has 0 saturated carbocycles. The highest BCUT2D eigenvalue weighted by Crippen LogP contribution is 2.58. The first-order valence-electron chi connectivity index (χ1n) is 11.6. The molecule has 2 aromatic rings. The summed E-state index contributed by atoms with van der Waals surface area (Å²) in [5.74, 6) is 1.22. The predicted molar refractivity (Wildman–Crippen MR) is 116 cm³/mol. The molecule has 3 fully saturated rings. The van der Waals surface area contributed by atoms with E-state index in [0.29, 0.717) is 24.9 Å². The molecule has 9 heteroatoms. The average molecular weight is 441 g/mol. The molecule has 9 nitrogen and oxygen atoms in total. The molecule has 32 heavy (non-hydrogen) atoms. The molecule has 0 bridgehead atoms. The zero-order valence-corrected chi connectivity index (χ0v) is 18.6. The van der Waals surface area contributed by atoms with Crippen LogP contribution < -0.4 is 0 Å². The van der Waals surface area contributed by atoms with Crippen molar-refractivity contribution in [2.45, 2.75) is 42.9 Å². The van der Waals surface area contributed by atoms with Crippen LogP contribution in [0.5, 0.6) is 0 Å². The van der Waals surface area contributed by atoms with Gasteiger partial charge in [-0.1, -0.05) is 0 Å². The van der Waals surface area contributed by atoms with Crippen LogP contribution in [0.3, 0.4) is 0 Å². The molecule has 5 rings (SSSR count). The highest BCUT2D eigenvalue weighted by molar-refractivity contribution is 5.32. The van der Waals surface area contributed by atoms with Crippen molar-refractivity contribution < 1.29 is 14.6 Å². The summed E-state index contributed by atoms with van der Waals surface area (Å²) in [6, 6.07) is 3.64. The Bertz CT molecular complexity index is 878. The lowest BCUT2D eigenvalue weighted by Crippen LogP contribution is -2.67. The molecular formula is C23H32N6O3. The maximum atomic E-state index is 11.4. The SMILES string of the molecule is COCN1CC(C2CCCO2)C(CO)(c2ncccn2)C1(c1ncccn1)N1CCCC1. The number of hydrogen-bond acceptors (Lipinski definition) is 9. The van der Waals surface area contributed by atoms with Gasteiger partial charge in [-0.2, -0.15) is 0 Å². The van der Waals surface area contributed by atoms with Crippen LogP contribution in [0.4, 0.5) is 0 Å². The van der Waals surface area contributed by atoms with E-state index < -0.39 is 11.1 Å². The van der Waals surface area contributed by atoms with E-state index in [4.69, 9.17) is 29.4 Å². The van der Waals surface area contributed by atoms with Crippen molar-refractivity contribution in [2.24, 2.45) is 5.92 Å². The first-order chi connectivity index (χ1) is 15.8. The molecule has 4 atom stereocenters. The molecule has 0 aliphatic carbocycles. The van der Waals surface area contributed by atoms with Crippen molar-refractivity contribution in [3.05, 3.63) is 48.6 Å². The number of nitrogens with zero attached hydrogens (tertiary/aromatic N) is 6. The van der Waals surface area contributed by atoms with Gasteiger partial charge < -0.3 is 14.6 Å². The van der Waals surface area contributed by atoms with Crippen LogP contribution in [0.15, 0.2) is 36.9 Å². The lowest BCUT2D eigenvalue weighted by Gasteiger charge is -2.53. The maximum absolute atomic E-state index is 11.4. The Morgan fingerprint density at radius 2 is 1.69 bits per heavy atom.